The van der Waals surface area contributed by atoms with Crippen molar-refractivity contribution in [2.45, 2.75) is 12.8 Å². The predicted octanol–water partition coefficient (Wildman–Crippen LogP) is 2.03. The number of hydrogen-bond acceptors (Lipinski definition) is 4. The number of aryl methyl sites for hydroxylation is 2. The number of carboxylic acid groups (broad SMARTS) is 2. The van der Waals surface area contributed by atoms with Crippen LogP contribution in [0.2, 0.25) is 0 Å². The third-order valence-electron chi connectivity index (χ3n) is 3.40. The highest BCUT2D eigenvalue weighted by molar-refractivity contribution is 5.94. The molecular weight excluding hydrogens is 284 g/mol. The lowest BCUT2D eigenvalue weighted by atomic mass is 10.00. The summed E-state index contributed by atoms with van der Waals surface area (Å²) in [6, 6.07) is 9.71. The quantitative estimate of drug-likeness (QED) is 0.626. The molecule has 6 heteroatoms. The van der Waals surface area contributed by atoms with Crippen molar-refractivity contribution in [2.75, 3.05) is 11.5 Å². The average Bonchev–Trinajstić information content (AvgIpc) is 2.47. The van der Waals surface area contributed by atoms with Crippen molar-refractivity contribution in [3.63, 3.8) is 0 Å². The fourth-order valence-electron chi connectivity index (χ4n) is 2.18. The molecule has 0 bridgehead atoms. The molecule has 0 atom stereocenters. The Labute approximate surface area is 127 Å². The lowest BCUT2D eigenvalue weighted by Crippen LogP contribution is -2.05. The summed E-state index contributed by atoms with van der Waals surface area (Å²) in [7, 11) is 0. The van der Waals surface area contributed by atoms with E-state index in [0.717, 1.165) is 11.1 Å². The van der Waals surface area contributed by atoms with Gasteiger partial charge in [-0.2, -0.15) is 0 Å². The fraction of sp³-hybridized carbons (Fsp3) is 0.125. The standard InChI is InChI=1S/C16H16N2O4/c17-13-5-3-9(7-11(13)15(19)20)1-2-10-4-6-14(18)12(8-10)16(21)22/h3-8H,1-2,17-18H2,(H,19,20)(H,21,22). The molecule has 0 aromatic heterocycles. The summed E-state index contributed by atoms with van der Waals surface area (Å²) in [6.07, 6.45) is 1.15. The van der Waals surface area contributed by atoms with Crippen molar-refractivity contribution in [3.05, 3.63) is 58.7 Å². The molecule has 2 aromatic carbocycles. The van der Waals surface area contributed by atoms with Gasteiger partial charge in [0.1, 0.15) is 0 Å². The number of hydrogen-bond donors (Lipinski definition) is 4. The summed E-state index contributed by atoms with van der Waals surface area (Å²) in [5.41, 5.74) is 13.4. The van der Waals surface area contributed by atoms with Gasteiger partial charge in [-0.3, -0.25) is 0 Å². The smallest absolute Gasteiger partial charge is 0.337 e. The second-order valence-electron chi connectivity index (χ2n) is 4.95. The second-order valence-corrected chi connectivity index (χ2v) is 4.95. The van der Waals surface area contributed by atoms with Gasteiger partial charge in [-0.25, -0.2) is 9.59 Å². The highest BCUT2D eigenvalue weighted by Gasteiger charge is 2.10. The van der Waals surface area contributed by atoms with Crippen LogP contribution in [0.1, 0.15) is 31.8 Å². The van der Waals surface area contributed by atoms with Crippen molar-refractivity contribution in [2.24, 2.45) is 0 Å². The zero-order valence-corrected chi connectivity index (χ0v) is 11.7. The molecule has 0 spiro atoms. The Kier molecular flexibility index (Phi) is 4.31. The Balaban J connectivity index is 2.17. The lowest BCUT2D eigenvalue weighted by molar-refractivity contribution is 0.0687. The molecule has 6 nitrogen and oxygen atoms in total. The molecule has 0 aliphatic carbocycles. The topological polar surface area (TPSA) is 127 Å². The van der Waals surface area contributed by atoms with E-state index in [9.17, 15) is 9.59 Å². The molecule has 22 heavy (non-hydrogen) atoms. The van der Waals surface area contributed by atoms with Gasteiger partial charge in [0.05, 0.1) is 11.1 Å². The summed E-state index contributed by atoms with van der Waals surface area (Å²) in [5.74, 6) is -2.14. The lowest BCUT2D eigenvalue weighted by Gasteiger charge is -2.07. The maximum absolute atomic E-state index is 11.0. The third-order valence-corrected chi connectivity index (χ3v) is 3.40. The summed E-state index contributed by atoms with van der Waals surface area (Å²) < 4.78 is 0. The second kappa shape index (κ2) is 6.17. The first-order chi connectivity index (χ1) is 10.4. The van der Waals surface area contributed by atoms with Gasteiger partial charge in [-0.05, 0) is 48.2 Å². The molecule has 0 heterocycles. The number of benzene rings is 2. The van der Waals surface area contributed by atoms with E-state index in [1.54, 1.807) is 24.3 Å². The first-order valence-corrected chi connectivity index (χ1v) is 6.62. The minimum absolute atomic E-state index is 0.0704. The van der Waals surface area contributed by atoms with E-state index < -0.39 is 11.9 Å². The third kappa shape index (κ3) is 3.35. The number of carboxylic acids is 2. The van der Waals surface area contributed by atoms with Crippen molar-refractivity contribution in [1.82, 2.24) is 0 Å². The molecule has 0 aliphatic heterocycles. The monoisotopic (exact) mass is 300 g/mol. The van der Waals surface area contributed by atoms with Gasteiger partial charge in [0, 0.05) is 11.4 Å². The SMILES string of the molecule is Nc1ccc(CCc2ccc(N)c(C(=O)O)c2)cc1C(=O)O. The minimum Gasteiger partial charge on any atom is -0.478 e. The zero-order chi connectivity index (χ0) is 16.3. The fourth-order valence-corrected chi connectivity index (χ4v) is 2.18. The number of nitrogen functional groups attached to an aromatic ring is 2. The van der Waals surface area contributed by atoms with E-state index in [1.165, 1.54) is 12.1 Å². The summed E-state index contributed by atoms with van der Waals surface area (Å²) >= 11 is 0. The first-order valence-electron chi connectivity index (χ1n) is 6.62. The summed E-state index contributed by atoms with van der Waals surface area (Å²) in [4.78, 5) is 22.1. The number of anilines is 2. The van der Waals surface area contributed by atoms with Crippen LogP contribution in [0, 0.1) is 0 Å². The summed E-state index contributed by atoms with van der Waals surface area (Å²) in [5, 5.41) is 18.1. The highest BCUT2D eigenvalue weighted by Crippen LogP contribution is 2.18. The van der Waals surface area contributed by atoms with Crippen LogP contribution in [0.3, 0.4) is 0 Å². The predicted molar refractivity (Wildman–Crippen MR) is 83.0 cm³/mol. The van der Waals surface area contributed by atoms with Gasteiger partial charge in [-0.15, -0.1) is 0 Å². The van der Waals surface area contributed by atoms with Crippen molar-refractivity contribution in [1.29, 1.82) is 0 Å². The largest absolute Gasteiger partial charge is 0.478 e. The zero-order valence-electron chi connectivity index (χ0n) is 11.7. The van der Waals surface area contributed by atoms with E-state index in [4.69, 9.17) is 21.7 Å². The Morgan fingerprint density at radius 2 is 1.14 bits per heavy atom. The molecule has 114 valence electrons. The van der Waals surface area contributed by atoms with Gasteiger partial charge >= 0.3 is 11.9 Å². The maximum atomic E-state index is 11.0. The first kappa shape index (κ1) is 15.4. The van der Waals surface area contributed by atoms with Crippen LogP contribution >= 0.6 is 0 Å². The van der Waals surface area contributed by atoms with E-state index >= 15 is 0 Å². The molecule has 6 N–H and O–H groups in total. The van der Waals surface area contributed by atoms with Crippen LogP contribution in [-0.4, -0.2) is 22.2 Å². The van der Waals surface area contributed by atoms with Crippen LogP contribution < -0.4 is 11.5 Å². The molecule has 0 saturated heterocycles. The van der Waals surface area contributed by atoms with E-state index in [-0.39, 0.29) is 22.5 Å². The van der Waals surface area contributed by atoms with Crippen molar-refractivity contribution >= 4 is 23.3 Å². The van der Waals surface area contributed by atoms with E-state index in [1.807, 2.05) is 0 Å². The summed E-state index contributed by atoms with van der Waals surface area (Å²) in [6.45, 7) is 0. The highest BCUT2D eigenvalue weighted by atomic mass is 16.4. The molecule has 0 fully saturated rings. The Bertz CT molecular complexity index is 677. The normalized spacial score (nSPS) is 10.4. The van der Waals surface area contributed by atoms with Gasteiger partial charge in [0.15, 0.2) is 0 Å². The maximum Gasteiger partial charge on any atom is 0.337 e. The van der Waals surface area contributed by atoms with Gasteiger partial charge < -0.3 is 21.7 Å². The minimum atomic E-state index is -1.07. The molecule has 0 unspecified atom stereocenters. The molecule has 0 aliphatic rings. The van der Waals surface area contributed by atoms with Crippen LogP contribution in [0.25, 0.3) is 0 Å². The molecule has 2 aromatic rings. The number of carbonyl (C=O) groups is 2. The molecule has 2 rings (SSSR count). The molecule has 0 amide bonds. The van der Waals surface area contributed by atoms with E-state index in [0.29, 0.717) is 12.8 Å². The van der Waals surface area contributed by atoms with Crippen molar-refractivity contribution in [3.8, 4) is 0 Å². The van der Waals surface area contributed by atoms with Crippen LogP contribution in [0.15, 0.2) is 36.4 Å². The van der Waals surface area contributed by atoms with Gasteiger partial charge in [0.25, 0.3) is 0 Å². The van der Waals surface area contributed by atoms with Crippen LogP contribution in [0.5, 0.6) is 0 Å². The number of rotatable bonds is 5. The Morgan fingerprint density at radius 3 is 1.45 bits per heavy atom. The van der Waals surface area contributed by atoms with Gasteiger partial charge in [-0.1, -0.05) is 12.1 Å². The number of nitrogens with two attached hydrogens (primary N) is 2. The molecule has 0 saturated carbocycles. The van der Waals surface area contributed by atoms with Crippen LogP contribution in [0.4, 0.5) is 11.4 Å². The van der Waals surface area contributed by atoms with Crippen molar-refractivity contribution < 1.29 is 19.8 Å². The molecule has 0 radical (unpaired) electrons. The van der Waals surface area contributed by atoms with Crippen LogP contribution in [-0.2, 0) is 12.8 Å². The van der Waals surface area contributed by atoms with E-state index in [2.05, 4.69) is 0 Å². The Morgan fingerprint density at radius 1 is 0.773 bits per heavy atom. The Hall–Kier alpha value is -3.02. The number of aromatic carboxylic acids is 2. The van der Waals surface area contributed by atoms with Gasteiger partial charge in [0.2, 0.25) is 0 Å². The average molecular weight is 300 g/mol. The molecular formula is C16H16N2O4.